The van der Waals surface area contributed by atoms with Crippen LogP contribution < -0.4 is 0 Å². The molecule has 6 nitrogen and oxygen atoms in total. The molecule has 6 unspecified atom stereocenters. The van der Waals surface area contributed by atoms with Crippen molar-refractivity contribution in [3.63, 3.8) is 0 Å². The van der Waals surface area contributed by atoms with Crippen molar-refractivity contribution in [2.24, 2.45) is 0 Å². The van der Waals surface area contributed by atoms with Crippen LogP contribution in [-0.2, 0) is 30.3 Å². The largest absolute Gasteiger partial charge is 0.379 e. The van der Waals surface area contributed by atoms with E-state index in [-0.39, 0.29) is 19.8 Å². The van der Waals surface area contributed by atoms with Gasteiger partial charge in [0.05, 0.1) is 19.8 Å². The molecule has 32 heavy (non-hydrogen) atoms. The van der Waals surface area contributed by atoms with Gasteiger partial charge in [-0.15, -0.1) is 29.8 Å². The van der Waals surface area contributed by atoms with Gasteiger partial charge in [-0.1, -0.05) is 66.7 Å². The van der Waals surface area contributed by atoms with Crippen LogP contribution in [-0.4, -0.2) is 53.4 Å². The fraction of sp³-hybridized carbons (Fsp3) is 0.417. The van der Waals surface area contributed by atoms with Crippen LogP contribution in [0.2, 0.25) is 0 Å². The topological polar surface area (TPSA) is 66.4 Å². The van der Waals surface area contributed by atoms with Gasteiger partial charge in [0.25, 0.3) is 0 Å². The van der Waals surface area contributed by atoms with Crippen molar-refractivity contribution in [2.75, 3.05) is 13.2 Å². The maximum Gasteiger partial charge on any atom is 0.192 e. The summed E-state index contributed by atoms with van der Waals surface area (Å²) in [5.74, 6) is 0. The van der Waals surface area contributed by atoms with E-state index in [1.54, 1.807) is 6.08 Å². The van der Waals surface area contributed by atoms with Crippen LogP contribution in [0.1, 0.15) is 17.4 Å². The molecule has 172 valence electrons. The van der Waals surface area contributed by atoms with Crippen molar-refractivity contribution in [1.82, 2.24) is 0 Å². The highest BCUT2D eigenvalue weighted by Crippen LogP contribution is 2.44. The van der Waals surface area contributed by atoms with Crippen molar-refractivity contribution in [1.29, 1.82) is 0 Å². The van der Waals surface area contributed by atoms with E-state index in [9.17, 15) is 5.11 Å². The fourth-order valence-corrected chi connectivity index (χ4v) is 4.38. The number of ether oxygens (including phenoxy) is 5. The van der Waals surface area contributed by atoms with Gasteiger partial charge in [-0.05, 0) is 5.56 Å². The maximum absolute atomic E-state index is 11.7. The molecular formula is C24H26Cl2O6. The molecule has 0 amide bonds. The zero-order valence-electron chi connectivity index (χ0n) is 17.4. The first-order valence-corrected chi connectivity index (χ1v) is 11.3. The first-order chi connectivity index (χ1) is 15.5. The highest BCUT2D eigenvalue weighted by molar-refractivity contribution is 6.45. The average Bonchev–Trinajstić information content (AvgIpc) is 2.83. The zero-order chi connectivity index (χ0) is 22.6. The molecule has 2 aromatic rings. The fourth-order valence-electron chi connectivity index (χ4n) is 3.92. The number of aliphatic hydroxyl groups is 1. The molecule has 0 radical (unpaired) electrons. The van der Waals surface area contributed by atoms with Crippen LogP contribution in [0.4, 0.5) is 0 Å². The Morgan fingerprint density at radius 3 is 2.41 bits per heavy atom. The highest BCUT2D eigenvalue weighted by Gasteiger charge is 2.62. The number of halogens is 2. The third-order valence-corrected chi connectivity index (χ3v) is 6.25. The predicted octanol–water partition coefficient (Wildman–Crippen LogP) is 4.15. The van der Waals surface area contributed by atoms with E-state index >= 15 is 0 Å². The Labute approximate surface area is 197 Å². The third kappa shape index (κ3) is 4.88. The van der Waals surface area contributed by atoms with Gasteiger partial charge in [-0.25, -0.2) is 0 Å². The molecule has 0 spiro atoms. The molecule has 0 bridgehead atoms. The van der Waals surface area contributed by atoms with Crippen molar-refractivity contribution >= 4 is 23.2 Å². The second-order valence-corrected chi connectivity index (χ2v) is 8.81. The molecule has 6 atom stereocenters. The number of alkyl halides is 2. The Morgan fingerprint density at radius 2 is 1.75 bits per heavy atom. The second kappa shape index (κ2) is 10.6. The van der Waals surface area contributed by atoms with Gasteiger partial charge in [0, 0.05) is 5.56 Å². The lowest BCUT2D eigenvalue weighted by Crippen LogP contribution is -2.72. The summed E-state index contributed by atoms with van der Waals surface area (Å²) in [4.78, 5) is -1.28. The van der Waals surface area contributed by atoms with Gasteiger partial charge < -0.3 is 28.8 Å². The summed E-state index contributed by atoms with van der Waals surface area (Å²) in [5, 5.41) is 11.7. The average molecular weight is 481 g/mol. The van der Waals surface area contributed by atoms with E-state index in [4.69, 9.17) is 46.9 Å². The van der Waals surface area contributed by atoms with Gasteiger partial charge in [-0.3, -0.25) is 0 Å². The standard InChI is InChI=1S/C24H26Cl2O6/c1-2-13-28-23-24(27,22(25)26)20(29-14-16-9-5-3-6-10-16)19-18(31-23)15-30-21(32-19)17-11-7-4-8-12-17/h2-12,18-23,27H,1,13-15H2. The number of fused-ring (bicyclic) bond motifs is 1. The molecule has 2 aliphatic rings. The molecule has 2 fully saturated rings. The Morgan fingerprint density at radius 1 is 1.06 bits per heavy atom. The molecule has 8 heteroatoms. The van der Waals surface area contributed by atoms with Crippen LogP contribution in [0.3, 0.4) is 0 Å². The van der Waals surface area contributed by atoms with Crippen molar-refractivity contribution in [3.8, 4) is 0 Å². The number of hydrogen-bond acceptors (Lipinski definition) is 6. The van der Waals surface area contributed by atoms with Crippen LogP contribution >= 0.6 is 23.2 Å². The van der Waals surface area contributed by atoms with Gasteiger partial charge in [0.1, 0.15) is 23.1 Å². The SMILES string of the molecule is C=CCOC1OC2COC(c3ccccc3)OC2C(OCc2ccccc2)C1(O)C(Cl)Cl. The molecule has 0 aromatic heterocycles. The molecule has 2 aliphatic heterocycles. The smallest absolute Gasteiger partial charge is 0.192 e. The monoisotopic (exact) mass is 480 g/mol. The van der Waals surface area contributed by atoms with Gasteiger partial charge in [0.2, 0.25) is 0 Å². The van der Waals surface area contributed by atoms with Gasteiger partial charge in [-0.2, -0.15) is 0 Å². The normalized spacial score (nSPS) is 32.4. The van der Waals surface area contributed by atoms with E-state index in [1.807, 2.05) is 60.7 Å². The van der Waals surface area contributed by atoms with E-state index in [0.717, 1.165) is 11.1 Å². The minimum absolute atomic E-state index is 0.130. The van der Waals surface area contributed by atoms with Crippen LogP contribution in [0.15, 0.2) is 73.3 Å². The molecular weight excluding hydrogens is 455 g/mol. The second-order valence-electron chi connectivity index (χ2n) is 7.71. The minimum Gasteiger partial charge on any atom is -0.379 e. The van der Waals surface area contributed by atoms with E-state index in [2.05, 4.69) is 6.58 Å². The van der Waals surface area contributed by atoms with E-state index in [1.165, 1.54) is 0 Å². The van der Waals surface area contributed by atoms with Crippen molar-refractivity contribution in [2.45, 2.75) is 47.9 Å². The highest BCUT2D eigenvalue weighted by atomic mass is 35.5. The van der Waals surface area contributed by atoms with Crippen LogP contribution in [0.25, 0.3) is 0 Å². The van der Waals surface area contributed by atoms with Crippen molar-refractivity contribution < 1.29 is 28.8 Å². The first-order valence-electron chi connectivity index (χ1n) is 10.4. The molecule has 2 saturated heterocycles. The zero-order valence-corrected chi connectivity index (χ0v) is 18.9. The summed E-state index contributed by atoms with van der Waals surface area (Å²) in [6, 6.07) is 19.1. The molecule has 0 saturated carbocycles. The lowest BCUT2D eigenvalue weighted by Gasteiger charge is -2.53. The van der Waals surface area contributed by atoms with Crippen LogP contribution in [0.5, 0.6) is 0 Å². The molecule has 2 heterocycles. The predicted molar refractivity (Wildman–Crippen MR) is 120 cm³/mol. The van der Waals surface area contributed by atoms with E-state index < -0.39 is 41.3 Å². The summed E-state index contributed by atoms with van der Waals surface area (Å²) in [6.07, 6.45) is -2.48. The maximum atomic E-state index is 11.7. The number of benzene rings is 2. The summed E-state index contributed by atoms with van der Waals surface area (Å²) in [6.45, 7) is 4.21. The molecule has 2 aromatic carbocycles. The summed E-state index contributed by atoms with van der Waals surface area (Å²) in [5.41, 5.74) is -0.135. The quantitative estimate of drug-likeness (QED) is 0.452. The third-order valence-electron chi connectivity index (χ3n) is 5.55. The Bertz CT molecular complexity index is 867. The van der Waals surface area contributed by atoms with Gasteiger partial charge >= 0.3 is 0 Å². The number of rotatable bonds is 8. The number of hydrogen-bond donors (Lipinski definition) is 1. The van der Waals surface area contributed by atoms with E-state index in [0.29, 0.717) is 0 Å². The Hall–Kier alpha value is -1.48. The van der Waals surface area contributed by atoms with Crippen LogP contribution in [0, 0.1) is 0 Å². The molecule has 4 rings (SSSR count). The van der Waals surface area contributed by atoms with Gasteiger partial charge in [0.15, 0.2) is 18.2 Å². The first kappa shape index (κ1) is 23.7. The molecule has 1 N–H and O–H groups in total. The lowest BCUT2D eigenvalue weighted by atomic mass is 9.86. The molecule has 0 aliphatic carbocycles. The summed E-state index contributed by atoms with van der Waals surface area (Å²) >= 11 is 12.6. The Kier molecular flexibility index (Phi) is 7.87. The Balaban J connectivity index is 1.64. The summed E-state index contributed by atoms with van der Waals surface area (Å²) < 4.78 is 30.1. The minimum atomic E-state index is -1.90. The van der Waals surface area contributed by atoms with Crippen molar-refractivity contribution in [3.05, 3.63) is 84.4 Å². The lowest BCUT2D eigenvalue weighted by molar-refractivity contribution is -0.389. The summed E-state index contributed by atoms with van der Waals surface area (Å²) in [7, 11) is 0.